The van der Waals surface area contributed by atoms with Crippen molar-refractivity contribution < 1.29 is 14.6 Å². The van der Waals surface area contributed by atoms with Gasteiger partial charge in [0.2, 0.25) is 6.29 Å². The SMILES string of the molecule is CC(C)=C/C=C/C1=CC(=O)OC1O. The number of ether oxygens (including phenoxy) is 1. The monoisotopic (exact) mass is 180 g/mol. The van der Waals surface area contributed by atoms with Crippen LogP contribution in [-0.4, -0.2) is 17.4 Å². The van der Waals surface area contributed by atoms with Crippen LogP contribution in [0, 0.1) is 0 Å². The molecule has 1 rings (SSSR count). The van der Waals surface area contributed by atoms with Crippen LogP contribution in [0.1, 0.15) is 13.8 Å². The second-order valence-electron chi connectivity index (χ2n) is 3.04. The summed E-state index contributed by atoms with van der Waals surface area (Å²) in [6.45, 7) is 3.93. The Kier molecular flexibility index (Phi) is 3.03. The molecule has 13 heavy (non-hydrogen) atoms. The second-order valence-corrected chi connectivity index (χ2v) is 3.04. The van der Waals surface area contributed by atoms with Crippen molar-refractivity contribution in [3.8, 4) is 0 Å². The average molecular weight is 180 g/mol. The van der Waals surface area contributed by atoms with E-state index in [-0.39, 0.29) is 0 Å². The van der Waals surface area contributed by atoms with E-state index in [0.29, 0.717) is 5.57 Å². The zero-order valence-corrected chi connectivity index (χ0v) is 7.65. The van der Waals surface area contributed by atoms with E-state index in [1.807, 2.05) is 19.9 Å². The lowest BCUT2D eigenvalue weighted by molar-refractivity contribution is -0.150. The lowest BCUT2D eigenvalue weighted by Gasteiger charge is -2.01. The summed E-state index contributed by atoms with van der Waals surface area (Å²) >= 11 is 0. The summed E-state index contributed by atoms with van der Waals surface area (Å²) in [6.07, 6.45) is 5.49. The van der Waals surface area contributed by atoms with Gasteiger partial charge in [-0.2, -0.15) is 0 Å². The Morgan fingerprint density at radius 2 is 2.31 bits per heavy atom. The van der Waals surface area contributed by atoms with Crippen LogP contribution in [0.2, 0.25) is 0 Å². The summed E-state index contributed by atoms with van der Waals surface area (Å²) < 4.78 is 4.48. The van der Waals surface area contributed by atoms with Crippen LogP contribution in [0.4, 0.5) is 0 Å². The first-order valence-corrected chi connectivity index (χ1v) is 4.01. The van der Waals surface area contributed by atoms with Crippen LogP contribution in [0.15, 0.2) is 35.5 Å². The minimum Gasteiger partial charge on any atom is -0.428 e. The van der Waals surface area contributed by atoms with Crippen molar-refractivity contribution in [3.05, 3.63) is 35.5 Å². The summed E-state index contributed by atoms with van der Waals surface area (Å²) in [5.41, 5.74) is 1.64. The molecule has 1 aliphatic rings. The molecule has 1 heterocycles. The van der Waals surface area contributed by atoms with E-state index >= 15 is 0 Å². The Labute approximate surface area is 77.0 Å². The highest BCUT2D eigenvalue weighted by molar-refractivity contribution is 5.86. The first-order valence-electron chi connectivity index (χ1n) is 4.01. The fourth-order valence-corrected chi connectivity index (χ4v) is 0.902. The number of carbonyl (C=O) groups excluding carboxylic acids is 1. The molecule has 0 saturated heterocycles. The number of aliphatic hydroxyl groups is 1. The predicted molar refractivity (Wildman–Crippen MR) is 48.8 cm³/mol. The van der Waals surface area contributed by atoms with Gasteiger partial charge in [0.1, 0.15) is 0 Å². The molecule has 0 saturated carbocycles. The topological polar surface area (TPSA) is 46.5 Å². The van der Waals surface area contributed by atoms with Crippen LogP contribution in [0.5, 0.6) is 0 Å². The van der Waals surface area contributed by atoms with Crippen LogP contribution in [0.3, 0.4) is 0 Å². The van der Waals surface area contributed by atoms with Crippen molar-refractivity contribution in [2.45, 2.75) is 20.1 Å². The molecule has 0 fully saturated rings. The molecule has 70 valence electrons. The molecule has 0 amide bonds. The third kappa shape index (κ3) is 2.87. The van der Waals surface area contributed by atoms with E-state index in [2.05, 4.69) is 4.74 Å². The van der Waals surface area contributed by atoms with Crippen molar-refractivity contribution in [3.63, 3.8) is 0 Å². The molecule has 3 nitrogen and oxygen atoms in total. The molecule has 0 aromatic heterocycles. The lowest BCUT2D eigenvalue weighted by Crippen LogP contribution is -2.08. The molecule has 1 aliphatic heterocycles. The molecule has 0 aromatic carbocycles. The van der Waals surface area contributed by atoms with Gasteiger partial charge in [-0.25, -0.2) is 4.79 Å². The first-order chi connectivity index (χ1) is 6.09. The number of hydrogen-bond donors (Lipinski definition) is 1. The molecule has 1 N–H and O–H groups in total. The molecule has 3 heteroatoms. The smallest absolute Gasteiger partial charge is 0.333 e. The van der Waals surface area contributed by atoms with Gasteiger partial charge in [-0.15, -0.1) is 0 Å². The molecular weight excluding hydrogens is 168 g/mol. The maximum atomic E-state index is 10.7. The summed E-state index contributed by atoms with van der Waals surface area (Å²) in [7, 11) is 0. The molecule has 0 radical (unpaired) electrons. The van der Waals surface area contributed by atoms with Gasteiger partial charge in [-0.3, -0.25) is 0 Å². The Bertz CT molecular complexity index is 293. The van der Waals surface area contributed by atoms with Gasteiger partial charge < -0.3 is 9.84 Å². The Morgan fingerprint density at radius 1 is 1.62 bits per heavy atom. The van der Waals surface area contributed by atoms with Crippen LogP contribution >= 0.6 is 0 Å². The van der Waals surface area contributed by atoms with Crippen molar-refractivity contribution in [1.82, 2.24) is 0 Å². The number of rotatable bonds is 2. The fourth-order valence-electron chi connectivity index (χ4n) is 0.902. The minimum absolute atomic E-state index is 0.488. The van der Waals surface area contributed by atoms with Crippen LogP contribution < -0.4 is 0 Å². The summed E-state index contributed by atoms with van der Waals surface area (Å²) in [5, 5.41) is 9.14. The summed E-state index contributed by atoms with van der Waals surface area (Å²) in [6, 6.07) is 0. The zero-order valence-electron chi connectivity index (χ0n) is 7.65. The van der Waals surface area contributed by atoms with Gasteiger partial charge in [0.05, 0.1) is 0 Å². The first kappa shape index (κ1) is 9.74. The molecule has 0 bridgehead atoms. The van der Waals surface area contributed by atoms with E-state index in [0.717, 1.165) is 5.57 Å². The highest BCUT2D eigenvalue weighted by Gasteiger charge is 2.20. The van der Waals surface area contributed by atoms with Crippen molar-refractivity contribution in [2.75, 3.05) is 0 Å². The normalized spacial score (nSPS) is 21.6. The molecular formula is C10H12O3. The van der Waals surface area contributed by atoms with Gasteiger partial charge in [0.15, 0.2) is 0 Å². The number of allylic oxidation sites excluding steroid dienone is 3. The molecule has 1 atom stereocenters. The van der Waals surface area contributed by atoms with Crippen molar-refractivity contribution in [1.29, 1.82) is 0 Å². The van der Waals surface area contributed by atoms with E-state index in [1.54, 1.807) is 12.2 Å². The molecule has 0 spiro atoms. The zero-order chi connectivity index (χ0) is 9.84. The maximum absolute atomic E-state index is 10.7. The Morgan fingerprint density at radius 3 is 2.77 bits per heavy atom. The van der Waals surface area contributed by atoms with Crippen LogP contribution in [-0.2, 0) is 9.53 Å². The van der Waals surface area contributed by atoms with Gasteiger partial charge in [0, 0.05) is 11.6 Å². The number of aliphatic hydroxyl groups excluding tert-OH is 1. The van der Waals surface area contributed by atoms with Gasteiger partial charge in [0.25, 0.3) is 0 Å². The van der Waals surface area contributed by atoms with E-state index < -0.39 is 12.3 Å². The van der Waals surface area contributed by atoms with Gasteiger partial charge in [-0.1, -0.05) is 23.8 Å². The largest absolute Gasteiger partial charge is 0.428 e. The molecule has 0 aliphatic carbocycles. The number of carbonyl (C=O) groups is 1. The van der Waals surface area contributed by atoms with E-state index in [4.69, 9.17) is 5.11 Å². The number of cyclic esters (lactones) is 1. The van der Waals surface area contributed by atoms with Crippen molar-refractivity contribution in [2.24, 2.45) is 0 Å². The summed E-state index contributed by atoms with van der Waals surface area (Å²) in [5.74, 6) is -0.496. The third-order valence-electron chi connectivity index (χ3n) is 1.52. The highest BCUT2D eigenvalue weighted by Crippen LogP contribution is 2.14. The molecule has 1 unspecified atom stereocenters. The Balaban J connectivity index is 2.64. The lowest BCUT2D eigenvalue weighted by atomic mass is 10.2. The molecule has 0 aromatic rings. The minimum atomic E-state index is -1.10. The number of hydrogen-bond acceptors (Lipinski definition) is 3. The number of esters is 1. The van der Waals surface area contributed by atoms with E-state index in [9.17, 15) is 4.79 Å². The van der Waals surface area contributed by atoms with E-state index in [1.165, 1.54) is 6.08 Å². The standard InChI is InChI=1S/C10H12O3/c1-7(2)4-3-5-8-6-9(11)13-10(8)12/h3-6,10,12H,1-2H3/b5-3+. The third-order valence-corrected chi connectivity index (χ3v) is 1.52. The van der Waals surface area contributed by atoms with Gasteiger partial charge in [-0.05, 0) is 13.8 Å². The highest BCUT2D eigenvalue weighted by atomic mass is 16.6. The predicted octanol–water partition coefficient (Wildman–Crippen LogP) is 1.31. The quantitative estimate of drug-likeness (QED) is 0.514. The average Bonchev–Trinajstić information content (AvgIpc) is 2.29. The Hall–Kier alpha value is -1.35. The van der Waals surface area contributed by atoms with Crippen molar-refractivity contribution >= 4 is 5.97 Å². The fraction of sp³-hybridized carbons (Fsp3) is 0.300. The van der Waals surface area contributed by atoms with Crippen LogP contribution in [0.25, 0.3) is 0 Å². The summed E-state index contributed by atoms with van der Waals surface area (Å²) in [4.78, 5) is 10.7. The van der Waals surface area contributed by atoms with Gasteiger partial charge >= 0.3 is 5.97 Å². The second kappa shape index (κ2) is 4.05. The maximum Gasteiger partial charge on any atom is 0.333 e.